The van der Waals surface area contributed by atoms with E-state index in [1.807, 2.05) is 12.1 Å². The van der Waals surface area contributed by atoms with Gasteiger partial charge in [-0.15, -0.1) is 0 Å². The quantitative estimate of drug-likeness (QED) is 0.646. The fourth-order valence-electron chi connectivity index (χ4n) is 3.28. The molecule has 0 fully saturated rings. The predicted molar refractivity (Wildman–Crippen MR) is 98.3 cm³/mol. The van der Waals surface area contributed by atoms with Crippen molar-refractivity contribution < 1.29 is 5.11 Å². The van der Waals surface area contributed by atoms with E-state index in [1.165, 1.54) is 5.56 Å². The number of aliphatic hydroxyl groups is 1. The first-order chi connectivity index (χ1) is 11.1. The van der Waals surface area contributed by atoms with Crippen LogP contribution in [0.2, 0.25) is 5.02 Å². The predicted octanol–water partition coefficient (Wildman–Crippen LogP) is 3.27. The van der Waals surface area contributed by atoms with Gasteiger partial charge in [-0.1, -0.05) is 24.6 Å². The number of benzene rings is 1. The minimum atomic E-state index is 0.246. The number of nitrogens with one attached hydrogen (secondary N) is 2. The molecule has 1 aliphatic rings. The van der Waals surface area contributed by atoms with Crippen LogP contribution in [0.25, 0.3) is 0 Å². The molecule has 1 aromatic carbocycles. The summed E-state index contributed by atoms with van der Waals surface area (Å²) in [6, 6.07) is 7.01. The normalized spacial score (nSPS) is 18.6. The molecule has 0 amide bonds. The van der Waals surface area contributed by atoms with Crippen molar-refractivity contribution in [3.05, 3.63) is 28.8 Å². The summed E-state index contributed by atoms with van der Waals surface area (Å²) in [7, 11) is 0. The lowest BCUT2D eigenvalue weighted by Crippen LogP contribution is -2.35. The second-order valence-electron chi connectivity index (χ2n) is 6.37. The van der Waals surface area contributed by atoms with Crippen molar-refractivity contribution in [1.82, 2.24) is 10.2 Å². The third-order valence-electron chi connectivity index (χ3n) is 4.60. The molecule has 1 aromatic rings. The number of rotatable bonds is 9. The van der Waals surface area contributed by atoms with E-state index in [1.54, 1.807) is 0 Å². The standard InChI is InChI=1S/C18H30ClN3O/c1-3-22(11-12-23)10-4-5-14(2)21-17-8-9-20-18-13-15(19)6-7-16(17)18/h6-7,13-14,17,20-21,23H,3-5,8-12H2,1-2H3. The number of aliphatic hydroxyl groups excluding tert-OH is 1. The Balaban J connectivity index is 1.81. The Morgan fingerprint density at radius 1 is 1.43 bits per heavy atom. The molecule has 1 heterocycles. The van der Waals surface area contributed by atoms with Gasteiger partial charge in [0.25, 0.3) is 0 Å². The highest BCUT2D eigenvalue weighted by molar-refractivity contribution is 6.30. The SMILES string of the molecule is CCN(CCO)CCCC(C)NC1CCNc2cc(Cl)ccc21. The van der Waals surface area contributed by atoms with Crippen LogP contribution in [0.1, 0.15) is 44.7 Å². The van der Waals surface area contributed by atoms with Crippen LogP contribution >= 0.6 is 11.6 Å². The molecule has 0 saturated heterocycles. The zero-order valence-corrected chi connectivity index (χ0v) is 15.1. The monoisotopic (exact) mass is 339 g/mol. The van der Waals surface area contributed by atoms with Gasteiger partial charge in [0.1, 0.15) is 0 Å². The van der Waals surface area contributed by atoms with E-state index in [4.69, 9.17) is 16.7 Å². The summed E-state index contributed by atoms with van der Waals surface area (Å²) in [6.07, 6.45) is 3.40. The van der Waals surface area contributed by atoms with E-state index >= 15 is 0 Å². The zero-order chi connectivity index (χ0) is 16.7. The average Bonchev–Trinajstić information content (AvgIpc) is 2.54. The van der Waals surface area contributed by atoms with E-state index in [-0.39, 0.29) is 6.61 Å². The van der Waals surface area contributed by atoms with Gasteiger partial charge >= 0.3 is 0 Å². The maximum absolute atomic E-state index is 9.04. The summed E-state index contributed by atoms with van der Waals surface area (Å²) < 4.78 is 0. The van der Waals surface area contributed by atoms with Crippen LogP contribution < -0.4 is 10.6 Å². The van der Waals surface area contributed by atoms with Crippen LogP contribution in [0.5, 0.6) is 0 Å². The molecule has 0 aromatic heterocycles. The Morgan fingerprint density at radius 3 is 3.00 bits per heavy atom. The first-order valence-corrected chi connectivity index (χ1v) is 9.14. The van der Waals surface area contributed by atoms with E-state index in [0.29, 0.717) is 12.1 Å². The molecule has 0 bridgehead atoms. The second-order valence-corrected chi connectivity index (χ2v) is 6.80. The van der Waals surface area contributed by atoms with Crippen LogP contribution in [-0.4, -0.2) is 48.8 Å². The van der Waals surface area contributed by atoms with E-state index in [9.17, 15) is 0 Å². The molecule has 2 rings (SSSR count). The highest BCUT2D eigenvalue weighted by Gasteiger charge is 2.21. The Kier molecular flexibility index (Phi) is 7.63. The van der Waals surface area contributed by atoms with Gasteiger partial charge in [-0.2, -0.15) is 0 Å². The van der Waals surface area contributed by atoms with Crippen LogP contribution in [0.4, 0.5) is 5.69 Å². The molecule has 2 atom stereocenters. The molecule has 0 spiro atoms. The van der Waals surface area contributed by atoms with Gasteiger partial charge in [-0.25, -0.2) is 0 Å². The van der Waals surface area contributed by atoms with Crippen LogP contribution in [0.3, 0.4) is 0 Å². The number of nitrogens with zero attached hydrogens (tertiary/aromatic N) is 1. The zero-order valence-electron chi connectivity index (χ0n) is 14.3. The van der Waals surface area contributed by atoms with Crippen LogP contribution in [0, 0.1) is 0 Å². The summed E-state index contributed by atoms with van der Waals surface area (Å²) in [4.78, 5) is 2.30. The molecule has 4 nitrogen and oxygen atoms in total. The van der Waals surface area contributed by atoms with Crippen molar-refractivity contribution in [2.75, 3.05) is 38.1 Å². The highest BCUT2D eigenvalue weighted by Crippen LogP contribution is 2.32. The van der Waals surface area contributed by atoms with Gasteiger partial charge in [0.2, 0.25) is 0 Å². The Hall–Kier alpha value is -0.810. The number of anilines is 1. The maximum atomic E-state index is 9.04. The smallest absolute Gasteiger partial charge is 0.0558 e. The molecule has 0 aliphatic carbocycles. The Labute approximate surface area is 145 Å². The molecule has 2 unspecified atom stereocenters. The van der Waals surface area contributed by atoms with Gasteiger partial charge in [-0.05, 0) is 57.0 Å². The number of hydrogen-bond donors (Lipinski definition) is 3. The summed E-state index contributed by atoms with van der Waals surface area (Å²) in [5.41, 5.74) is 2.48. The van der Waals surface area contributed by atoms with Crippen molar-refractivity contribution in [2.24, 2.45) is 0 Å². The van der Waals surface area contributed by atoms with E-state index < -0.39 is 0 Å². The first-order valence-electron chi connectivity index (χ1n) is 8.76. The third kappa shape index (κ3) is 5.64. The summed E-state index contributed by atoms with van der Waals surface area (Å²) in [5, 5.41) is 17.0. The Bertz CT molecular complexity index is 483. The molecule has 130 valence electrons. The number of likely N-dealkylation sites (N-methyl/N-ethyl adjacent to an activating group) is 1. The van der Waals surface area contributed by atoms with Gasteiger partial charge in [0, 0.05) is 35.9 Å². The molecule has 0 radical (unpaired) electrons. The summed E-state index contributed by atoms with van der Waals surface area (Å²) in [6.45, 7) is 8.48. The molecular formula is C18H30ClN3O. The molecule has 5 heteroatoms. The van der Waals surface area contributed by atoms with Gasteiger partial charge < -0.3 is 20.6 Å². The fourth-order valence-corrected chi connectivity index (χ4v) is 3.45. The van der Waals surface area contributed by atoms with Crippen LogP contribution in [0.15, 0.2) is 18.2 Å². The van der Waals surface area contributed by atoms with E-state index in [2.05, 4.69) is 35.4 Å². The van der Waals surface area contributed by atoms with Gasteiger partial charge in [-0.3, -0.25) is 0 Å². The van der Waals surface area contributed by atoms with Gasteiger partial charge in [0.05, 0.1) is 6.61 Å². The topological polar surface area (TPSA) is 47.5 Å². The van der Waals surface area contributed by atoms with E-state index in [0.717, 1.165) is 56.2 Å². The minimum absolute atomic E-state index is 0.246. The third-order valence-corrected chi connectivity index (χ3v) is 4.83. The lowest BCUT2D eigenvalue weighted by atomic mass is 9.96. The van der Waals surface area contributed by atoms with Crippen molar-refractivity contribution in [3.63, 3.8) is 0 Å². The number of hydrogen-bond acceptors (Lipinski definition) is 4. The molecule has 23 heavy (non-hydrogen) atoms. The maximum Gasteiger partial charge on any atom is 0.0558 e. The van der Waals surface area contributed by atoms with Crippen molar-refractivity contribution in [3.8, 4) is 0 Å². The van der Waals surface area contributed by atoms with Crippen molar-refractivity contribution in [1.29, 1.82) is 0 Å². The number of fused-ring (bicyclic) bond motifs is 1. The number of halogens is 1. The van der Waals surface area contributed by atoms with Crippen molar-refractivity contribution >= 4 is 17.3 Å². The molecular weight excluding hydrogens is 310 g/mol. The lowest BCUT2D eigenvalue weighted by molar-refractivity contribution is 0.198. The molecule has 3 N–H and O–H groups in total. The summed E-state index contributed by atoms with van der Waals surface area (Å²) in [5.74, 6) is 0. The van der Waals surface area contributed by atoms with Gasteiger partial charge in [0.15, 0.2) is 0 Å². The highest BCUT2D eigenvalue weighted by atomic mass is 35.5. The minimum Gasteiger partial charge on any atom is -0.395 e. The average molecular weight is 340 g/mol. The fraction of sp³-hybridized carbons (Fsp3) is 0.667. The second kappa shape index (κ2) is 9.48. The molecule has 1 aliphatic heterocycles. The van der Waals surface area contributed by atoms with Crippen molar-refractivity contribution in [2.45, 2.75) is 45.2 Å². The molecule has 0 saturated carbocycles. The lowest BCUT2D eigenvalue weighted by Gasteiger charge is -2.30. The van der Waals surface area contributed by atoms with Crippen LogP contribution in [-0.2, 0) is 0 Å². The largest absolute Gasteiger partial charge is 0.395 e. The Morgan fingerprint density at radius 2 is 2.26 bits per heavy atom. The first kappa shape index (κ1) is 18.5. The summed E-state index contributed by atoms with van der Waals surface area (Å²) >= 11 is 6.08.